The third kappa shape index (κ3) is 3.35. The molecule has 0 radical (unpaired) electrons. The highest BCUT2D eigenvalue weighted by molar-refractivity contribution is 7.96. The first-order valence-corrected chi connectivity index (χ1v) is 11.4. The number of rotatable bonds is 5. The average molecular weight is 457 g/mol. The molecule has 0 N–H and O–H groups in total. The van der Waals surface area contributed by atoms with Crippen LogP contribution in [0.1, 0.15) is 19.4 Å². The maximum atomic E-state index is 6.40. The molecule has 3 aromatic carbocycles. The van der Waals surface area contributed by atoms with Crippen LogP contribution in [-0.4, -0.2) is 18.7 Å². The zero-order chi connectivity index (χ0) is 18.7. The summed E-state index contributed by atoms with van der Waals surface area (Å²) < 4.78 is 12.8. The lowest BCUT2D eigenvalue weighted by Gasteiger charge is -2.38. The van der Waals surface area contributed by atoms with Gasteiger partial charge in [-0.2, -0.15) is 0 Å². The predicted molar refractivity (Wildman–Crippen MR) is 115 cm³/mol. The van der Waals surface area contributed by atoms with Crippen molar-refractivity contribution in [2.45, 2.75) is 25.8 Å². The Labute approximate surface area is 179 Å². The molecule has 1 heterocycles. The molecule has 0 spiro atoms. The van der Waals surface area contributed by atoms with Crippen LogP contribution in [0.25, 0.3) is 0 Å². The Bertz CT molecular complexity index is 853. The number of hydrogen-bond acceptors (Lipinski definition) is 2. The minimum Gasteiger partial charge on any atom is -1.00 e. The minimum absolute atomic E-state index is 0. The van der Waals surface area contributed by atoms with E-state index in [0.29, 0.717) is 13.2 Å². The molecule has 4 rings (SSSR count). The molecule has 146 valence electrons. The van der Waals surface area contributed by atoms with Gasteiger partial charge < -0.3 is 26.5 Å². The van der Waals surface area contributed by atoms with Gasteiger partial charge in [-0.1, -0.05) is 61.5 Å². The van der Waals surface area contributed by atoms with Gasteiger partial charge in [-0.05, 0) is 42.3 Å². The Balaban J connectivity index is 0.00000225. The number of ether oxygens (including phenoxy) is 2. The molecule has 1 aliphatic rings. The van der Waals surface area contributed by atoms with E-state index in [2.05, 4.69) is 98.8 Å². The number of hydrogen-bond donors (Lipinski definition) is 0. The van der Waals surface area contributed by atoms with E-state index < -0.39 is 12.8 Å². The molecule has 0 bridgehead atoms. The van der Waals surface area contributed by atoms with Crippen molar-refractivity contribution in [1.29, 1.82) is 0 Å². The van der Waals surface area contributed by atoms with Crippen molar-refractivity contribution < 1.29 is 26.5 Å². The minimum atomic E-state index is -2.21. The smallest absolute Gasteiger partial charge is 0.295 e. The maximum Gasteiger partial charge on any atom is 0.295 e. The van der Waals surface area contributed by atoms with E-state index in [1.807, 2.05) is 0 Å². The molecule has 1 fully saturated rings. The predicted octanol–water partition coefficient (Wildman–Crippen LogP) is 1.27. The van der Waals surface area contributed by atoms with E-state index in [-0.39, 0.29) is 17.0 Å². The quantitative estimate of drug-likeness (QED) is 0.538. The normalized spacial score (nSPS) is 15.8. The molecular formula is C24H26BrO2P. The van der Waals surface area contributed by atoms with Gasteiger partial charge in [0.1, 0.15) is 15.9 Å². The highest BCUT2D eigenvalue weighted by Gasteiger charge is 2.65. The molecule has 1 aliphatic heterocycles. The highest BCUT2D eigenvalue weighted by Crippen LogP contribution is 2.68. The van der Waals surface area contributed by atoms with Crippen molar-refractivity contribution >= 4 is 23.2 Å². The molecule has 0 saturated carbocycles. The fraction of sp³-hybridized carbons (Fsp3) is 0.250. The van der Waals surface area contributed by atoms with Crippen LogP contribution in [0.2, 0.25) is 0 Å². The summed E-state index contributed by atoms with van der Waals surface area (Å²) in [5.41, 5.74) is 0.680. The largest absolute Gasteiger partial charge is 1.00 e. The third-order valence-electron chi connectivity index (χ3n) is 5.45. The standard InChI is InChI=1S/C24H26O2P.BrH/c1-3-20-12-10-11-17-23(20)27(21-13-6-4-7-14-21,22-15-8-5-9-16-22)24(2)25-18-19-26-24;/h4-17H,3,18-19H2,1-2H3;1H/q+1;/p-1. The maximum absolute atomic E-state index is 6.40. The summed E-state index contributed by atoms with van der Waals surface area (Å²) in [6.07, 6.45) is 0.980. The number of benzene rings is 3. The first-order chi connectivity index (χ1) is 13.2. The molecule has 0 amide bonds. The van der Waals surface area contributed by atoms with Gasteiger partial charge in [0.2, 0.25) is 0 Å². The second-order valence-corrected chi connectivity index (χ2v) is 10.6. The van der Waals surface area contributed by atoms with Gasteiger partial charge in [0.25, 0.3) is 5.53 Å². The molecule has 0 unspecified atom stereocenters. The van der Waals surface area contributed by atoms with Crippen LogP contribution < -0.4 is 32.9 Å². The molecule has 3 aromatic rings. The Kier molecular flexibility index (Phi) is 6.73. The Morgan fingerprint density at radius 1 is 0.750 bits per heavy atom. The summed E-state index contributed by atoms with van der Waals surface area (Å²) >= 11 is 0. The van der Waals surface area contributed by atoms with E-state index in [9.17, 15) is 0 Å². The van der Waals surface area contributed by atoms with E-state index in [0.717, 1.165) is 6.42 Å². The lowest BCUT2D eigenvalue weighted by Crippen LogP contribution is -3.00. The van der Waals surface area contributed by atoms with Gasteiger partial charge in [-0.25, -0.2) is 0 Å². The number of aryl methyl sites for hydroxylation is 1. The first kappa shape index (κ1) is 21.2. The first-order valence-electron chi connectivity index (χ1n) is 9.59. The van der Waals surface area contributed by atoms with E-state index in [1.165, 1.54) is 21.5 Å². The fourth-order valence-corrected chi connectivity index (χ4v) is 9.26. The molecule has 1 saturated heterocycles. The summed E-state index contributed by atoms with van der Waals surface area (Å²) in [7, 11) is -2.21. The van der Waals surface area contributed by atoms with E-state index in [4.69, 9.17) is 9.47 Å². The van der Waals surface area contributed by atoms with Crippen molar-refractivity contribution in [2.75, 3.05) is 13.2 Å². The molecular weight excluding hydrogens is 431 g/mol. The Morgan fingerprint density at radius 2 is 1.21 bits per heavy atom. The molecule has 4 heteroatoms. The number of halogens is 1. The summed E-state index contributed by atoms with van der Waals surface area (Å²) in [5, 5.41) is 3.94. The molecule has 0 aliphatic carbocycles. The Morgan fingerprint density at radius 3 is 1.71 bits per heavy atom. The SMILES string of the molecule is CCc1ccccc1[P+](c1ccccc1)(c1ccccc1)C1(C)OCCO1.[Br-]. The van der Waals surface area contributed by atoms with Crippen LogP contribution in [0.5, 0.6) is 0 Å². The van der Waals surface area contributed by atoms with Gasteiger partial charge in [0.05, 0.1) is 13.2 Å². The van der Waals surface area contributed by atoms with Crippen LogP contribution in [0.4, 0.5) is 0 Å². The van der Waals surface area contributed by atoms with Crippen molar-refractivity contribution in [3.63, 3.8) is 0 Å². The van der Waals surface area contributed by atoms with Crippen LogP contribution >= 0.6 is 7.26 Å². The summed E-state index contributed by atoms with van der Waals surface area (Å²) in [5.74, 6) is 0. The lowest BCUT2D eigenvalue weighted by atomic mass is 10.2. The van der Waals surface area contributed by atoms with Gasteiger partial charge in [-0.3, -0.25) is 0 Å². The molecule has 28 heavy (non-hydrogen) atoms. The second-order valence-electron chi connectivity index (χ2n) is 6.92. The van der Waals surface area contributed by atoms with Crippen LogP contribution in [0, 0.1) is 0 Å². The molecule has 0 aromatic heterocycles. The average Bonchev–Trinajstić information content (AvgIpc) is 3.18. The summed E-state index contributed by atoms with van der Waals surface area (Å²) in [4.78, 5) is 0. The van der Waals surface area contributed by atoms with Gasteiger partial charge in [-0.15, -0.1) is 0 Å². The molecule has 0 atom stereocenters. The monoisotopic (exact) mass is 456 g/mol. The van der Waals surface area contributed by atoms with Crippen LogP contribution in [0.15, 0.2) is 84.9 Å². The van der Waals surface area contributed by atoms with Crippen molar-refractivity contribution in [2.24, 2.45) is 0 Å². The fourth-order valence-electron chi connectivity index (χ4n) is 4.25. The zero-order valence-electron chi connectivity index (χ0n) is 16.3. The molecule has 2 nitrogen and oxygen atoms in total. The van der Waals surface area contributed by atoms with E-state index >= 15 is 0 Å². The Hall–Kier alpha value is -1.51. The third-order valence-corrected chi connectivity index (χ3v) is 10.2. The van der Waals surface area contributed by atoms with Gasteiger partial charge in [0, 0.05) is 6.92 Å². The zero-order valence-corrected chi connectivity index (χ0v) is 18.8. The highest BCUT2D eigenvalue weighted by atomic mass is 79.9. The van der Waals surface area contributed by atoms with E-state index in [1.54, 1.807) is 0 Å². The lowest BCUT2D eigenvalue weighted by molar-refractivity contribution is -0.0659. The summed E-state index contributed by atoms with van der Waals surface area (Å²) in [6.45, 7) is 5.63. The second kappa shape index (κ2) is 8.88. The van der Waals surface area contributed by atoms with Crippen molar-refractivity contribution in [3.8, 4) is 0 Å². The topological polar surface area (TPSA) is 18.5 Å². The van der Waals surface area contributed by atoms with Crippen LogP contribution in [0.3, 0.4) is 0 Å². The summed E-state index contributed by atoms with van der Waals surface area (Å²) in [6, 6.07) is 30.4. The van der Waals surface area contributed by atoms with Gasteiger partial charge in [0.15, 0.2) is 7.26 Å². The van der Waals surface area contributed by atoms with Crippen molar-refractivity contribution in [3.05, 3.63) is 90.5 Å². The van der Waals surface area contributed by atoms with Crippen LogP contribution in [-0.2, 0) is 15.9 Å². The van der Waals surface area contributed by atoms with Crippen molar-refractivity contribution in [1.82, 2.24) is 0 Å². The van der Waals surface area contributed by atoms with Gasteiger partial charge >= 0.3 is 0 Å².